The van der Waals surface area contributed by atoms with E-state index in [0.717, 1.165) is 36.3 Å². The van der Waals surface area contributed by atoms with Crippen LogP contribution in [0.1, 0.15) is 65.6 Å². The number of anilines is 1. The van der Waals surface area contributed by atoms with Crippen molar-refractivity contribution in [3.63, 3.8) is 0 Å². The molecule has 4 atom stereocenters. The van der Waals surface area contributed by atoms with Crippen molar-refractivity contribution in [3.8, 4) is 0 Å². The molecule has 0 saturated carbocycles. The number of nitrogens with one attached hydrogen (secondary N) is 1. The number of hydrogen-bond acceptors (Lipinski definition) is 6. The highest BCUT2D eigenvalue weighted by Gasteiger charge is 2.39. The van der Waals surface area contributed by atoms with Gasteiger partial charge in [0, 0.05) is 36.1 Å². The second-order valence-electron chi connectivity index (χ2n) is 10.0. The summed E-state index contributed by atoms with van der Waals surface area (Å²) in [5, 5.41) is 12.4. The van der Waals surface area contributed by atoms with E-state index in [0.29, 0.717) is 11.3 Å². The van der Waals surface area contributed by atoms with Crippen molar-refractivity contribution in [3.05, 3.63) is 95.3 Å². The van der Waals surface area contributed by atoms with Gasteiger partial charge in [-0.1, -0.05) is 49.7 Å². The molecule has 2 fully saturated rings. The maximum atomic E-state index is 12.7. The van der Waals surface area contributed by atoms with Crippen LogP contribution in [0, 0.1) is 5.92 Å². The Morgan fingerprint density at radius 3 is 2.57 bits per heavy atom. The normalized spacial score (nSPS) is 24.5. The van der Waals surface area contributed by atoms with Crippen LogP contribution in [0.25, 0.3) is 0 Å². The molecular formula is C30H35N3O4. The first-order chi connectivity index (χ1) is 18.1. The van der Waals surface area contributed by atoms with Gasteiger partial charge in [-0.05, 0) is 61.3 Å². The van der Waals surface area contributed by atoms with Crippen molar-refractivity contribution in [2.24, 2.45) is 5.92 Å². The summed E-state index contributed by atoms with van der Waals surface area (Å²) in [6.45, 7) is 5.28. The van der Waals surface area contributed by atoms with Crippen LogP contribution in [-0.2, 0) is 16.1 Å². The quantitative estimate of drug-likeness (QED) is 0.469. The number of likely N-dealkylation sites (tertiary alicyclic amines) is 1. The molecule has 1 amide bonds. The van der Waals surface area contributed by atoms with Gasteiger partial charge in [0.2, 0.25) is 0 Å². The molecule has 2 N–H and O–H groups in total. The van der Waals surface area contributed by atoms with E-state index in [1.54, 1.807) is 24.5 Å². The number of nitrogens with zero attached hydrogens (tertiary/aromatic N) is 2. The molecule has 0 spiro atoms. The summed E-state index contributed by atoms with van der Waals surface area (Å²) in [6.07, 6.45) is 6.21. The summed E-state index contributed by atoms with van der Waals surface area (Å²) in [4.78, 5) is 19.2. The van der Waals surface area contributed by atoms with Crippen molar-refractivity contribution in [1.82, 2.24) is 9.88 Å². The van der Waals surface area contributed by atoms with Gasteiger partial charge in [0.1, 0.15) is 0 Å². The summed E-state index contributed by atoms with van der Waals surface area (Å²) >= 11 is 0. The molecule has 0 unspecified atom stereocenters. The van der Waals surface area contributed by atoms with E-state index in [1.807, 2.05) is 48.5 Å². The molecule has 0 radical (unpaired) electrons. The maximum Gasteiger partial charge on any atom is 0.257 e. The van der Waals surface area contributed by atoms with Gasteiger partial charge in [0.25, 0.3) is 5.91 Å². The summed E-state index contributed by atoms with van der Waals surface area (Å²) in [5.41, 5.74) is 3.98. The molecule has 194 valence electrons. The Morgan fingerprint density at radius 1 is 1.03 bits per heavy atom. The predicted molar refractivity (Wildman–Crippen MR) is 142 cm³/mol. The lowest BCUT2D eigenvalue weighted by molar-refractivity contribution is -0.276. The third kappa shape index (κ3) is 6.25. The average molecular weight is 502 g/mol. The number of ether oxygens (including phenoxy) is 2. The SMILES string of the molecule is C[C@H]1[C@@H](CN2CCCCC2)O[C@@H](c2cccc(NC(=O)c3cccnc3)c2)O[C@H]1c1ccc(CO)cc1. The zero-order valence-corrected chi connectivity index (χ0v) is 21.3. The second-order valence-corrected chi connectivity index (χ2v) is 10.0. The van der Waals surface area contributed by atoms with Crippen LogP contribution in [-0.4, -0.2) is 46.6 Å². The number of amides is 1. The third-order valence-electron chi connectivity index (χ3n) is 7.35. The molecule has 3 aromatic rings. The Balaban J connectivity index is 1.38. The van der Waals surface area contributed by atoms with Gasteiger partial charge in [-0.3, -0.25) is 9.78 Å². The topological polar surface area (TPSA) is 83.9 Å². The molecule has 0 aliphatic carbocycles. The Labute approximate surface area is 218 Å². The minimum Gasteiger partial charge on any atom is -0.392 e. The number of aromatic nitrogens is 1. The summed E-state index contributed by atoms with van der Waals surface area (Å²) in [6, 6.07) is 19.1. The van der Waals surface area contributed by atoms with Crippen molar-refractivity contribution >= 4 is 11.6 Å². The summed E-state index contributed by atoms with van der Waals surface area (Å²) < 4.78 is 13.2. The number of piperidine rings is 1. The van der Waals surface area contributed by atoms with E-state index < -0.39 is 6.29 Å². The van der Waals surface area contributed by atoms with Crippen LogP contribution < -0.4 is 5.32 Å². The van der Waals surface area contributed by atoms with Gasteiger partial charge in [-0.15, -0.1) is 0 Å². The van der Waals surface area contributed by atoms with Crippen LogP contribution in [0.15, 0.2) is 73.1 Å². The fraction of sp³-hybridized carbons (Fsp3) is 0.400. The number of hydrogen-bond donors (Lipinski definition) is 2. The highest BCUT2D eigenvalue weighted by Crippen LogP contribution is 2.42. The first-order valence-electron chi connectivity index (χ1n) is 13.1. The lowest BCUT2D eigenvalue weighted by Crippen LogP contribution is -2.45. The van der Waals surface area contributed by atoms with E-state index in [-0.39, 0.29) is 30.6 Å². The molecule has 2 saturated heterocycles. The van der Waals surface area contributed by atoms with E-state index >= 15 is 0 Å². The zero-order valence-electron chi connectivity index (χ0n) is 21.3. The predicted octanol–water partition coefficient (Wildman–Crippen LogP) is 5.10. The van der Waals surface area contributed by atoms with Gasteiger partial charge in [0.05, 0.1) is 24.4 Å². The Bertz CT molecular complexity index is 1160. The number of carbonyl (C=O) groups is 1. The van der Waals surface area contributed by atoms with E-state index in [9.17, 15) is 9.90 Å². The Hall–Kier alpha value is -3.10. The van der Waals surface area contributed by atoms with Crippen molar-refractivity contribution in [2.45, 2.75) is 51.3 Å². The maximum absolute atomic E-state index is 12.7. The largest absolute Gasteiger partial charge is 0.392 e. The molecule has 7 heteroatoms. The van der Waals surface area contributed by atoms with E-state index in [1.165, 1.54) is 19.3 Å². The number of aliphatic hydroxyl groups excluding tert-OH is 1. The molecular weight excluding hydrogens is 466 g/mol. The first kappa shape index (κ1) is 25.5. The smallest absolute Gasteiger partial charge is 0.257 e. The first-order valence-corrected chi connectivity index (χ1v) is 13.1. The zero-order chi connectivity index (χ0) is 25.6. The summed E-state index contributed by atoms with van der Waals surface area (Å²) in [5.74, 6) is -0.0687. The van der Waals surface area contributed by atoms with Crippen LogP contribution in [0.3, 0.4) is 0 Å². The monoisotopic (exact) mass is 501 g/mol. The lowest BCUT2D eigenvalue weighted by atomic mass is 9.89. The Kier molecular flexibility index (Phi) is 8.26. The number of benzene rings is 2. The molecule has 2 aliphatic rings. The minimum atomic E-state index is -0.566. The highest BCUT2D eigenvalue weighted by molar-refractivity contribution is 6.04. The van der Waals surface area contributed by atoms with Crippen molar-refractivity contribution < 1.29 is 19.4 Å². The lowest BCUT2D eigenvalue weighted by Gasteiger charge is -2.43. The fourth-order valence-corrected chi connectivity index (χ4v) is 5.19. The van der Waals surface area contributed by atoms with Gasteiger partial charge in [-0.2, -0.15) is 0 Å². The summed E-state index contributed by atoms with van der Waals surface area (Å²) in [7, 11) is 0. The molecule has 3 heterocycles. The van der Waals surface area contributed by atoms with Gasteiger partial charge in [-0.25, -0.2) is 0 Å². The number of aliphatic hydroxyl groups is 1. The van der Waals surface area contributed by atoms with Gasteiger partial charge in [0.15, 0.2) is 6.29 Å². The number of rotatable bonds is 7. The molecule has 0 bridgehead atoms. The third-order valence-corrected chi connectivity index (χ3v) is 7.35. The minimum absolute atomic E-state index is 0.00647. The molecule has 1 aromatic heterocycles. The molecule has 7 nitrogen and oxygen atoms in total. The fourth-order valence-electron chi connectivity index (χ4n) is 5.19. The van der Waals surface area contributed by atoms with Crippen LogP contribution in [0.2, 0.25) is 0 Å². The van der Waals surface area contributed by atoms with Gasteiger partial charge >= 0.3 is 0 Å². The number of carbonyl (C=O) groups excluding carboxylic acids is 1. The van der Waals surface area contributed by atoms with Crippen LogP contribution >= 0.6 is 0 Å². The van der Waals surface area contributed by atoms with E-state index in [4.69, 9.17) is 9.47 Å². The van der Waals surface area contributed by atoms with Crippen LogP contribution in [0.4, 0.5) is 5.69 Å². The van der Waals surface area contributed by atoms with Crippen molar-refractivity contribution in [2.75, 3.05) is 25.0 Å². The molecule has 2 aliphatic heterocycles. The average Bonchev–Trinajstić information content (AvgIpc) is 2.95. The van der Waals surface area contributed by atoms with Crippen molar-refractivity contribution in [1.29, 1.82) is 0 Å². The molecule has 37 heavy (non-hydrogen) atoms. The second kappa shape index (κ2) is 12.0. The van der Waals surface area contributed by atoms with Gasteiger partial charge < -0.3 is 24.8 Å². The Morgan fingerprint density at radius 2 is 1.84 bits per heavy atom. The standard InChI is InChI=1S/C30H35N3O4/c1-21-27(19-33-15-3-2-4-16-33)36-30(37-28(21)23-12-10-22(20-34)11-13-23)24-7-5-9-26(17-24)32-29(35)25-8-6-14-31-18-25/h5-14,17-18,21,27-28,30,34H,2-4,15-16,19-20H2,1H3,(H,32,35)/t21-,27+,28+,30+/m0/s1. The number of pyridine rings is 1. The molecule has 5 rings (SSSR count). The highest BCUT2D eigenvalue weighted by atomic mass is 16.7. The van der Waals surface area contributed by atoms with Crippen LogP contribution in [0.5, 0.6) is 0 Å². The van der Waals surface area contributed by atoms with E-state index in [2.05, 4.69) is 22.1 Å². The molecule has 2 aromatic carbocycles.